The molecule has 0 spiro atoms. The van der Waals surface area contributed by atoms with Crippen LogP contribution in [0.2, 0.25) is 0 Å². The van der Waals surface area contributed by atoms with Crippen LogP contribution >= 0.6 is 0 Å². The molecule has 6 heteroatoms. The molecule has 0 radical (unpaired) electrons. The van der Waals surface area contributed by atoms with Gasteiger partial charge in [-0.25, -0.2) is 0 Å². The summed E-state index contributed by atoms with van der Waals surface area (Å²) in [5, 5.41) is 8.89. The van der Waals surface area contributed by atoms with Crippen molar-refractivity contribution in [3.63, 3.8) is 0 Å². The van der Waals surface area contributed by atoms with Crippen LogP contribution in [0.4, 0.5) is 13.2 Å². The summed E-state index contributed by atoms with van der Waals surface area (Å²) in [6.45, 7) is 0.907. The Morgan fingerprint density at radius 3 is 2.47 bits per heavy atom. The summed E-state index contributed by atoms with van der Waals surface area (Å²) in [5.74, 6) is 0. The number of halogens is 3. The average Bonchev–Trinajstić information content (AvgIpc) is 2.50. The molecule has 1 aliphatic rings. The molecule has 2 unspecified atom stereocenters. The molecule has 1 rings (SSSR count). The van der Waals surface area contributed by atoms with E-state index in [0.717, 1.165) is 6.42 Å². The van der Waals surface area contributed by atoms with Crippen molar-refractivity contribution in [2.75, 3.05) is 33.7 Å². The second-order valence-electron chi connectivity index (χ2n) is 4.22. The zero-order valence-electron chi connectivity index (χ0n) is 8.96. The molecule has 1 N–H and O–H groups in total. The molecule has 1 heterocycles. The van der Waals surface area contributed by atoms with Gasteiger partial charge in [-0.2, -0.15) is 13.2 Å². The summed E-state index contributed by atoms with van der Waals surface area (Å²) < 4.78 is 36.2. The molecule has 90 valence electrons. The van der Waals surface area contributed by atoms with Crippen LogP contribution < -0.4 is 0 Å². The fourth-order valence-electron chi connectivity index (χ4n) is 1.75. The van der Waals surface area contributed by atoms with Gasteiger partial charge in [-0.15, -0.1) is 0 Å². The third-order valence-corrected chi connectivity index (χ3v) is 2.79. The highest BCUT2D eigenvalue weighted by Gasteiger charge is 2.40. The number of hydrogen-bond donors (Lipinski definition) is 1. The Kier molecular flexibility index (Phi) is 3.97. The van der Waals surface area contributed by atoms with Crippen LogP contribution in [-0.2, 0) is 0 Å². The standard InChI is InChI=1S/C9H17F3N2O/c1-13(2)7-3-4-14(5-7)6-8(15)9(10,11)12/h7-8,15H,3-6H2,1-2H3. The molecule has 0 aliphatic carbocycles. The van der Waals surface area contributed by atoms with Gasteiger partial charge in [0.25, 0.3) is 0 Å². The van der Waals surface area contributed by atoms with Gasteiger partial charge in [-0.3, -0.25) is 4.90 Å². The molecule has 0 bridgehead atoms. The zero-order valence-corrected chi connectivity index (χ0v) is 8.96. The maximum absolute atomic E-state index is 12.1. The first-order chi connectivity index (χ1) is 6.80. The number of likely N-dealkylation sites (N-methyl/N-ethyl adjacent to an activating group) is 1. The van der Waals surface area contributed by atoms with Crippen LogP contribution in [0.3, 0.4) is 0 Å². The molecule has 0 amide bonds. The van der Waals surface area contributed by atoms with E-state index in [4.69, 9.17) is 5.11 Å². The van der Waals surface area contributed by atoms with Gasteiger partial charge in [-0.05, 0) is 27.1 Å². The first kappa shape index (κ1) is 12.7. The lowest BCUT2D eigenvalue weighted by Gasteiger charge is -2.23. The van der Waals surface area contributed by atoms with E-state index < -0.39 is 12.3 Å². The van der Waals surface area contributed by atoms with Gasteiger partial charge >= 0.3 is 6.18 Å². The Bertz CT molecular complexity index is 208. The average molecular weight is 226 g/mol. The largest absolute Gasteiger partial charge is 0.415 e. The number of likely N-dealkylation sites (tertiary alicyclic amines) is 1. The monoisotopic (exact) mass is 226 g/mol. The summed E-state index contributed by atoms with van der Waals surface area (Å²) >= 11 is 0. The fourth-order valence-corrected chi connectivity index (χ4v) is 1.75. The van der Waals surface area contributed by atoms with Crippen molar-refractivity contribution in [2.24, 2.45) is 0 Å². The van der Waals surface area contributed by atoms with Crippen molar-refractivity contribution in [3.8, 4) is 0 Å². The van der Waals surface area contributed by atoms with E-state index in [2.05, 4.69) is 0 Å². The van der Waals surface area contributed by atoms with Gasteiger partial charge in [0.1, 0.15) is 0 Å². The molecule has 15 heavy (non-hydrogen) atoms. The predicted octanol–water partition coefficient (Wildman–Crippen LogP) is 0.545. The molecule has 0 aromatic carbocycles. The van der Waals surface area contributed by atoms with Crippen LogP contribution in [0.25, 0.3) is 0 Å². The molecule has 1 aliphatic heterocycles. The molecule has 1 saturated heterocycles. The molecule has 2 atom stereocenters. The van der Waals surface area contributed by atoms with Crippen molar-refractivity contribution < 1.29 is 18.3 Å². The fraction of sp³-hybridized carbons (Fsp3) is 1.00. The van der Waals surface area contributed by atoms with E-state index in [-0.39, 0.29) is 6.54 Å². The Labute approximate surface area is 87.5 Å². The minimum Gasteiger partial charge on any atom is -0.382 e. The second-order valence-corrected chi connectivity index (χ2v) is 4.22. The maximum Gasteiger partial charge on any atom is 0.415 e. The van der Waals surface area contributed by atoms with Crippen LogP contribution in [-0.4, -0.2) is 67.0 Å². The quantitative estimate of drug-likeness (QED) is 0.761. The molecule has 0 aromatic heterocycles. The highest BCUT2D eigenvalue weighted by Crippen LogP contribution is 2.22. The number of hydrogen-bond acceptors (Lipinski definition) is 3. The van der Waals surface area contributed by atoms with Crippen molar-refractivity contribution in [1.29, 1.82) is 0 Å². The lowest BCUT2D eigenvalue weighted by molar-refractivity contribution is -0.207. The van der Waals surface area contributed by atoms with E-state index in [9.17, 15) is 13.2 Å². The van der Waals surface area contributed by atoms with E-state index >= 15 is 0 Å². The minimum atomic E-state index is -4.50. The number of rotatable bonds is 3. The third kappa shape index (κ3) is 3.62. The van der Waals surface area contributed by atoms with Crippen LogP contribution in [0, 0.1) is 0 Å². The summed E-state index contributed by atoms with van der Waals surface area (Å²) in [6.07, 6.45) is -5.87. The normalized spacial score (nSPS) is 26.2. The Hall–Kier alpha value is -0.330. The van der Waals surface area contributed by atoms with Gasteiger partial charge in [0.05, 0.1) is 0 Å². The van der Waals surface area contributed by atoms with Crippen LogP contribution in [0.15, 0.2) is 0 Å². The summed E-state index contributed by atoms with van der Waals surface area (Å²) in [4.78, 5) is 3.66. The molecular formula is C9H17F3N2O. The Morgan fingerprint density at radius 1 is 1.47 bits per heavy atom. The summed E-state index contributed by atoms with van der Waals surface area (Å²) in [5.41, 5.74) is 0. The minimum absolute atomic E-state index is 0.297. The predicted molar refractivity (Wildman–Crippen MR) is 50.6 cm³/mol. The van der Waals surface area contributed by atoms with Gasteiger partial charge in [0.15, 0.2) is 6.10 Å². The van der Waals surface area contributed by atoms with E-state index in [1.54, 1.807) is 4.90 Å². The SMILES string of the molecule is CN(C)C1CCN(CC(O)C(F)(F)F)C1. The van der Waals surface area contributed by atoms with Gasteiger partial charge < -0.3 is 10.0 Å². The second kappa shape index (κ2) is 4.67. The summed E-state index contributed by atoms with van der Waals surface area (Å²) in [6, 6.07) is 0.297. The number of nitrogens with zero attached hydrogens (tertiary/aromatic N) is 2. The molecule has 0 aromatic rings. The van der Waals surface area contributed by atoms with E-state index in [1.807, 2.05) is 19.0 Å². The smallest absolute Gasteiger partial charge is 0.382 e. The number of alkyl halides is 3. The van der Waals surface area contributed by atoms with Gasteiger partial charge in [0, 0.05) is 19.1 Å². The molecule has 0 saturated carbocycles. The molecule has 1 fully saturated rings. The van der Waals surface area contributed by atoms with Crippen molar-refractivity contribution >= 4 is 0 Å². The van der Waals surface area contributed by atoms with Crippen LogP contribution in [0.1, 0.15) is 6.42 Å². The Balaban J connectivity index is 2.36. The highest BCUT2D eigenvalue weighted by molar-refractivity contribution is 4.83. The molecule has 3 nitrogen and oxygen atoms in total. The van der Waals surface area contributed by atoms with E-state index in [1.165, 1.54) is 0 Å². The van der Waals surface area contributed by atoms with Crippen molar-refractivity contribution in [3.05, 3.63) is 0 Å². The number of β-amino-alcohol motifs (C(OH)–C–C–N with tert-alkyl or cyclic N) is 1. The lowest BCUT2D eigenvalue weighted by Crippen LogP contribution is -2.41. The zero-order chi connectivity index (χ0) is 11.6. The number of aliphatic hydroxyl groups excluding tert-OH is 1. The molecular weight excluding hydrogens is 209 g/mol. The highest BCUT2D eigenvalue weighted by atomic mass is 19.4. The van der Waals surface area contributed by atoms with Crippen molar-refractivity contribution in [2.45, 2.75) is 24.7 Å². The Morgan fingerprint density at radius 2 is 2.07 bits per heavy atom. The first-order valence-electron chi connectivity index (χ1n) is 4.94. The summed E-state index contributed by atoms with van der Waals surface area (Å²) in [7, 11) is 3.82. The maximum atomic E-state index is 12.1. The third-order valence-electron chi connectivity index (χ3n) is 2.79. The van der Waals surface area contributed by atoms with E-state index in [0.29, 0.717) is 19.1 Å². The van der Waals surface area contributed by atoms with Gasteiger partial charge in [0.2, 0.25) is 0 Å². The van der Waals surface area contributed by atoms with Gasteiger partial charge in [-0.1, -0.05) is 0 Å². The first-order valence-corrected chi connectivity index (χ1v) is 4.94. The lowest BCUT2D eigenvalue weighted by atomic mass is 10.2. The van der Waals surface area contributed by atoms with Crippen LogP contribution in [0.5, 0.6) is 0 Å². The number of aliphatic hydroxyl groups is 1. The topological polar surface area (TPSA) is 26.7 Å². The van der Waals surface area contributed by atoms with Crippen molar-refractivity contribution in [1.82, 2.24) is 9.80 Å².